The van der Waals surface area contributed by atoms with Crippen molar-refractivity contribution in [3.8, 4) is 0 Å². The van der Waals surface area contributed by atoms with Gasteiger partial charge in [0.05, 0.1) is 0 Å². The minimum Gasteiger partial charge on any atom is -0.477 e. The molecule has 204 valence electrons. The Morgan fingerprint density at radius 3 is 2.71 bits per heavy atom. The summed E-state index contributed by atoms with van der Waals surface area (Å²) in [6.45, 7) is 1.46. The molecule has 0 saturated carbocycles. The van der Waals surface area contributed by atoms with Crippen molar-refractivity contribution in [1.29, 1.82) is 0 Å². The van der Waals surface area contributed by atoms with Crippen molar-refractivity contribution < 1.29 is 37.5 Å². The van der Waals surface area contributed by atoms with Crippen LogP contribution in [0.2, 0.25) is 0 Å². The van der Waals surface area contributed by atoms with Crippen LogP contribution in [-0.2, 0) is 31.9 Å². The van der Waals surface area contributed by atoms with E-state index in [-0.39, 0.29) is 45.4 Å². The zero-order valence-electron chi connectivity index (χ0n) is 19.6. The number of carboxylic acids is 1. The molecule has 2 aliphatic heterocycles. The minimum atomic E-state index is -4.69. The van der Waals surface area contributed by atoms with E-state index in [2.05, 4.69) is 25.7 Å². The Morgan fingerprint density at radius 2 is 2.13 bits per heavy atom. The lowest BCUT2D eigenvalue weighted by molar-refractivity contribution is -0.150. The number of halogens is 3. The van der Waals surface area contributed by atoms with E-state index in [1.165, 1.54) is 31.2 Å². The number of rotatable bonds is 9. The van der Waals surface area contributed by atoms with Crippen LogP contribution in [0.3, 0.4) is 0 Å². The lowest BCUT2D eigenvalue weighted by atomic mass is 10.0. The third kappa shape index (κ3) is 5.17. The fourth-order valence-electron chi connectivity index (χ4n) is 3.74. The zero-order valence-corrected chi connectivity index (χ0v) is 22.0. The maximum Gasteiger partial charge on any atom is 0.451 e. The largest absolute Gasteiger partial charge is 0.477 e. The van der Waals surface area contributed by atoms with E-state index >= 15 is 0 Å². The monoisotopic (exact) mass is 592 g/mol. The number of carboxylic acid groups (broad SMARTS) is 1. The molecule has 2 aliphatic rings. The Labute approximate surface area is 224 Å². The molecule has 1 saturated heterocycles. The van der Waals surface area contributed by atoms with Gasteiger partial charge in [-0.2, -0.15) is 13.2 Å². The maximum absolute atomic E-state index is 13.2. The fourth-order valence-corrected chi connectivity index (χ4v) is 6.77. The molecule has 0 aromatic carbocycles. The molecular weight excluding hydrogens is 573 g/mol. The van der Waals surface area contributed by atoms with Gasteiger partial charge in [0, 0.05) is 23.4 Å². The average Bonchev–Trinajstić information content (AvgIpc) is 3.49. The lowest BCUT2D eigenvalue weighted by Gasteiger charge is -2.49. The summed E-state index contributed by atoms with van der Waals surface area (Å²) >= 11 is 3.17. The number of amides is 2. The van der Waals surface area contributed by atoms with Crippen molar-refractivity contribution in [3.63, 3.8) is 0 Å². The van der Waals surface area contributed by atoms with Gasteiger partial charge in [-0.1, -0.05) is 16.9 Å². The van der Waals surface area contributed by atoms with Gasteiger partial charge in [-0.15, -0.1) is 33.3 Å². The number of β-lactam (4-membered cyclic amide) rings is 1. The van der Waals surface area contributed by atoms with Crippen molar-refractivity contribution in [2.75, 3.05) is 24.3 Å². The molecular formula is C19H19F3N8O5S3. The first kappa shape index (κ1) is 27.7. The van der Waals surface area contributed by atoms with Crippen molar-refractivity contribution in [1.82, 2.24) is 30.0 Å². The van der Waals surface area contributed by atoms with E-state index in [9.17, 15) is 32.7 Å². The van der Waals surface area contributed by atoms with Gasteiger partial charge in [-0.25, -0.2) is 9.78 Å². The number of nitrogen functional groups attached to an aromatic ring is 1. The number of thiazole rings is 1. The molecule has 2 amide bonds. The first-order chi connectivity index (χ1) is 18.0. The summed E-state index contributed by atoms with van der Waals surface area (Å²) in [4.78, 5) is 47.6. The minimum absolute atomic E-state index is 0.0306. The van der Waals surface area contributed by atoms with Crippen LogP contribution in [0.5, 0.6) is 0 Å². The molecule has 0 spiro atoms. The standard InChI is InChI=1S/C19H19F3N8O5S3/c1-3-29-16(19(20,21)22)26-27-18(29)38-5-7-4-36-14-10(13(32)30(14)11(7)15(33)34)25-12(31)9(28-35-2)8-6-37-17(23)24-8/h6,10,14H,3-5H2,1-2H3,(H2,23,24)(H,25,31)(H,33,34)/b28-9-/t10-,14-/m1/s1. The molecule has 0 bridgehead atoms. The summed E-state index contributed by atoms with van der Waals surface area (Å²) in [6, 6.07) is -1.05. The number of carbonyl (C=O) groups is 3. The van der Waals surface area contributed by atoms with E-state index < -0.39 is 41.2 Å². The third-order valence-electron chi connectivity index (χ3n) is 5.36. The molecule has 4 rings (SSSR count). The molecule has 13 nitrogen and oxygen atoms in total. The van der Waals surface area contributed by atoms with Crippen LogP contribution < -0.4 is 11.1 Å². The van der Waals surface area contributed by atoms with E-state index in [1.807, 2.05) is 0 Å². The second kappa shape index (κ2) is 10.8. The number of alkyl halides is 3. The molecule has 2 aromatic rings. The second-order valence-corrected chi connectivity index (χ2v) is 10.6. The van der Waals surface area contributed by atoms with Crippen molar-refractivity contribution in [2.45, 2.75) is 36.2 Å². The van der Waals surface area contributed by atoms with E-state index in [0.29, 0.717) is 5.57 Å². The Morgan fingerprint density at radius 1 is 1.39 bits per heavy atom. The van der Waals surface area contributed by atoms with Gasteiger partial charge in [0.2, 0.25) is 5.82 Å². The van der Waals surface area contributed by atoms with Gasteiger partial charge in [-0.3, -0.25) is 19.1 Å². The number of anilines is 1. The molecule has 38 heavy (non-hydrogen) atoms. The summed E-state index contributed by atoms with van der Waals surface area (Å²) < 4.78 is 40.4. The molecule has 0 aliphatic carbocycles. The summed E-state index contributed by atoms with van der Waals surface area (Å²) in [7, 11) is 1.23. The van der Waals surface area contributed by atoms with E-state index in [0.717, 1.165) is 32.6 Å². The topological polar surface area (TPSA) is 178 Å². The lowest BCUT2D eigenvalue weighted by Crippen LogP contribution is -2.71. The van der Waals surface area contributed by atoms with Crippen LogP contribution in [0.15, 0.2) is 27.0 Å². The van der Waals surface area contributed by atoms with Gasteiger partial charge in [-0.05, 0) is 12.5 Å². The van der Waals surface area contributed by atoms with Crippen LogP contribution >= 0.6 is 34.9 Å². The molecule has 4 heterocycles. The smallest absolute Gasteiger partial charge is 0.451 e. The SMILES string of the molecule is CCn1c(SCC2=C(C(=O)O)N3C(=O)[C@@H](NC(=O)/C(=N\OC)c4csc(N)n4)[C@H]3SC2)nnc1C(F)(F)F. The Balaban J connectivity index is 1.50. The predicted octanol–water partition coefficient (Wildman–Crippen LogP) is 1.24. The highest BCUT2D eigenvalue weighted by Gasteiger charge is 2.54. The Bertz CT molecular complexity index is 1340. The second-order valence-electron chi connectivity index (χ2n) is 7.65. The number of nitrogens with zero attached hydrogens (tertiary/aromatic N) is 6. The number of aliphatic carboxylic acids is 1. The molecule has 4 N–H and O–H groups in total. The van der Waals surface area contributed by atoms with Crippen LogP contribution in [0, 0.1) is 0 Å². The normalized spacial score (nSPS) is 19.8. The first-order valence-electron chi connectivity index (χ1n) is 10.6. The molecule has 2 aromatic heterocycles. The van der Waals surface area contributed by atoms with Crippen molar-refractivity contribution in [2.24, 2.45) is 5.16 Å². The zero-order chi connectivity index (χ0) is 27.8. The van der Waals surface area contributed by atoms with Gasteiger partial charge >= 0.3 is 12.1 Å². The quantitative estimate of drug-likeness (QED) is 0.165. The number of hydrogen-bond acceptors (Lipinski definition) is 12. The molecule has 2 atom stereocenters. The number of hydrogen-bond donors (Lipinski definition) is 3. The van der Waals surface area contributed by atoms with Gasteiger partial charge in [0.1, 0.15) is 29.9 Å². The highest BCUT2D eigenvalue weighted by atomic mass is 32.2. The van der Waals surface area contributed by atoms with Crippen LogP contribution in [0.25, 0.3) is 0 Å². The summed E-state index contributed by atoms with van der Waals surface area (Å²) in [5.41, 5.74) is 5.58. The van der Waals surface area contributed by atoms with E-state index in [1.54, 1.807) is 0 Å². The van der Waals surface area contributed by atoms with Crippen LogP contribution in [0.4, 0.5) is 18.3 Å². The number of thioether (sulfide) groups is 2. The third-order valence-corrected chi connectivity index (χ3v) is 8.43. The maximum atomic E-state index is 13.2. The van der Waals surface area contributed by atoms with Crippen LogP contribution in [0.1, 0.15) is 18.4 Å². The Kier molecular flexibility index (Phi) is 7.88. The number of nitrogens with one attached hydrogen (secondary N) is 1. The molecule has 19 heteroatoms. The molecule has 0 radical (unpaired) electrons. The molecule has 0 unspecified atom stereocenters. The fraction of sp³-hybridized carbons (Fsp3) is 0.421. The number of oxime groups is 1. The number of nitrogens with two attached hydrogens (primary N) is 1. The van der Waals surface area contributed by atoms with E-state index in [4.69, 9.17) is 10.6 Å². The number of aromatic nitrogens is 4. The summed E-state index contributed by atoms with van der Waals surface area (Å²) in [5, 5.41) is 23.8. The molecule has 1 fully saturated rings. The predicted molar refractivity (Wildman–Crippen MR) is 131 cm³/mol. The summed E-state index contributed by atoms with van der Waals surface area (Å²) in [5.74, 6) is -3.84. The highest BCUT2D eigenvalue weighted by molar-refractivity contribution is 8.01. The number of carbonyl (C=O) groups excluding carboxylic acids is 2. The van der Waals surface area contributed by atoms with Crippen LogP contribution in [-0.4, -0.2) is 83.3 Å². The first-order valence-corrected chi connectivity index (χ1v) is 13.6. The van der Waals surface area contributed by atoms with Crippen molar-refractivity contribution in [3.05, 3.63) is 28.2 Å². The highest BCUT2D eigenvalue weighted by Crippen LogP contribution is 2.42. The van der Waals surface area contributed by atoms with Gasteiger partial charge < -0.3 is 21.0 Å². The Hall–Kier alpha value is -3.32. The van der Waals surface area contributed by atoms with Crippen molar-refractivity contribution >= 4 is 63.5 Å². The van der Waals surface area contributed by atoms with Gasteiger partial charge in [0.15, 0.2) is 16.0 Å². The summed E-state index contributed by atoms with van der Waals surface area (Å²) in [6.07, 6.45) is -4.69. The number of fused-ring (bicyclic) bond motifs is 1. The average molecular weight is 593 g/mol. The van der Waals surface area contributed by atoms with Gasteiger partial charge in [0.25, 0.3) is 11.8 Å².